The Morgan fingerprint density at radius 1 is 1.06 bits per heavy atom. The molecule has 0 bridgehead atoms. The molecular weight excluding hydrogens is 476 g/mol. The van der Waals surface area contributed by atoms with Crippen LogP contribution < -0.4 is 10.5 Å². The molecule has 0 aliphatic carbocycles. The van der Waals surface area contributed by atoms with Crippen molar-refractivity contribution in [1.82, 2.24) is 15.2 Å². The summed E-state index contributed by atoms with van der Waals surface area (Å²) in [6, 6.07) is 21.4. The van der Waals surface area contributed by atoms with Gasteiger partial charge in [-0.25, -0.2) is 13.6 Å². The number of nitrogens with zero attached hydrogens (tertiary/aromatic N) is 2. The molecule has 0 radical (unpaired) electrons. The van der Waals surface area contributed by atoms with E-state index in [9.17, 15) is 18.3 Å². The molecule has 2 atom stereocenters. The first kappa shape index (κ1) is 23.9. The number of phenols is 1. The SMILES string of the molecule is CNC(=O)[C@@H]1[C@@H](c2ccc(-c3ccc(S(N)(=O)=O)cc3)cc2)CN1Cc1ccc(O)c2ncccc12. The summed E-state index contributed by atoms with van der Waals surface area (Å²) in [5.74, 6) is 0.124. The summed E-state index contributed by atoms with van der Waals surface area (Å²) in [6.45, 7) is 1.27. The molecule has 36 heavy (non-hydrogen) atoms. The second kappa shape index (κ2) is 9.34. The van der Waals surface area contributed by atoms with Gasteiger partial charge in [0, 0.05) is 37.6 Å². The molecule has 0 spiro atoms. The molecule has 2 heterocycles. The number of amides is 1. The molecule has 5 rings (SSSR count). The van der Waals surface area contributed by atoms with Crippen LogP contribution in [-0.2, 0) is 21.4 Å². The van der Waals surface area contributed by atoms with Gasteiger partial charge in [-0.2, -0.15) is 0 Å². The van der Waals surface area contributed by atoms with Crippen molar-refractivity contribution in [3.05, 3.63) is 90.1 Å². The van der Waals surface area contributed by atoms with E-state index in [2.05, 4.69) is 15.2 Å². The van der Waals surface area contributed by atoms with Crippen LogP contribution in [0.2, 0.25) is 0 Å². The number of primary sulfonamides is 1. The van der Waals surface area contributed by atoms with Crippen molar-refractivity contribution < 1.29 is 18.3 Å². The van der Waals surface area contributed by atoms with Crippen LogP contribution in [0, 0.1) is 0 Å². The smallest absolute Gasteiger partial charge is 0.238 e. The fraction of sp³-hybridized carbons (Fsp3) is 0.185. The third-order valence-corrected chi connectivity index (χ3v) is 7.72. The Hall–Kier alpha value is -3.79. The highest BCUT2D eigenvalue weighted by Gasteiger charge is 2.44. The Morgan fingerprint density at radius 2 is 1.72 bits per heavy atom. The number of fused-ring (bicyclic) bond motifs is 1. The van der Waals surface area contributed by atoms with Gasteiger partial charge in [-0.1, -0.05) is 48.5 Å². The predicted octanol–water partition coefficient (Wildman–Crippen LogP) is 2.97. The number of likely N-dealkylation sites (tertiary alicyclic amines) is 1. The topological polar surface area (TPSA) is 126 Å². The molecule has 1 aliphatic rings. The largest absolute Gasteiger partial charge is 0.506 e. The highest BCUT2D eigenvalue weighted by Crippen LogP contribution is 2.38. The minimum absolute atomic E-state index is 0.0327. The zero-order valence-corrected chi connectivity index (χ0v) is 20.4. The van der Waals surface area contributed by atoms with E-state index in [1.165, 1.54) is 12.1 Å². The zero-order chi connectivity index (χ0) is 25.4. The number of carbonyl (C=O) groups is 1. The summed E-state index contributed by atoms with van der Waals surface area (Å²) in [4.78, 5) is 19.3. The van der Waals surface area contributed by atoms with Crippen LogP contribution in [0.25, 0.3) is 22.0 Å². The molecule has 1 amide bonds. The number of aromatic nitrogens is 1. The van der Waals surface area contributed by atoms with Gasteiger partial charge >= 0.3 is 0 Å². The van der Waals surface area contributed by atoms with Crippen LogP contribution in [0.3, 0.4) is 0 Å². The van der Waals surface area contributed by atoms with Gasteiger partial charge in [-0.15, -0.1) is 0 Å². The molecule has 1 aromatic heterocycles. The third kappa shape index (κ3) is 4.44. The van der Waals surface area contributed by atoms with E-state index in [0.29, 0.717) is 18.6 Å². The van der Waals surface area contributed by atoms with E-state index in [0.717, 1.165) is 27.6 Å². The molecular formula is C27H26N4O4S. The summed E-state index contributed by atoms with van der Waals surface area (Å²) >= 11 is 0. The quantitative estimate of drug-likeness (QED) is 0.372. The molecule has 0 unspecified atom stereocenters. The van der Waals surface area contributed by atoms with Crippen LogP contribution in [0.4, 0.5) is 0 Å². The Bertz CT molecular complexity index is 1540. The van der Waals surface area contributed by atoms with E-state index < -0.39 is 10.0 Å². The minimum atomic E-state index is -3.73. The maximum Gasteiger partial charge on any atom is 0.238 e. The number of benzene rings is 3. The van der Waals surface area contributed by atoms with Gasteiger partial charge in [0.1, 0.15) is 11.3 Å². The number of sulfonamides is 1. The van der Waals surface area contributed by atoms with Crippen molar-refractivity contribution in [3.8, 4) is 16.9 Å². The molecule has 1 fully saturated rings. The number of nitrogens with one attached hydrogen (secondary N) is 1. The number of hydrogen-bond acceptors (Lipinski definition) is 6. The summed E-state index contributed by atoms with van der Waals surface area (Å²) in [5.41, 5.74) is 4.43. The first-order valence-electron chi connectivity index (χ1n) is 11.5. The van der Waals surface area contributed by atoms with Crippen LogP contribution in [0.5, 0.6) is 5.75 Å². The second-order valence-electron chi connectivity index (χ2n) is 8.93. The lowest BCUT2D eigenvalue weighted by Crippen LogP contribution is -2.60. The van der Waals surface area contributed by atoms with Gasteiger partial charge in [-0.3, -0.25) is 14.7 Å². The van der Waals surface area contributed by atoms with Crippen LogP contribution in [0.1, 0.15) is 17.0 Å². The normalized spacial score (nSPS) is 18.1. The van der Waals surface area contributed by atoms with E-state index in [4.69, 9.17) is 5.14 Å². The molecule has 4 N–H and O–H groups in total. The number of aromatic hydroxyl groups is 1. The van der Waals surface area contributed by atoms with Crippen molar-refractivity contribution in [2.24, 2.45) is 5.14 Å². The van der Waals surface area contributed by atoms with Crippen molar-refractivity contribution in [1.29, 1.82) is 0 Å². The number of carbonyl (C=O) groups excluding carboxylic acids is 1. The number of nitrogens with two attached hydrogens (primary N) is 1. The van der Waals surface area contributed by atoms with Crippen LogP contribution in [-0.4, -0.2) is 48.9 Å². The second-order valence-corrected chi connectivity index (χ2v) is 10.5. The van der Waals surface area contributed by atoms with Crippen molar-refractivity contribution >= 4 is 26.8 Å². The molecule has 1 aliphatic heterocycles. The maximum absolute atomic E-state index is 12.8. The lowest BCUT2D eigenvalue weighted by atomic mass is 9.81. The monoisotopic (exact) mass is 502 g/mol. The third-order valence-electron chi connectivity index (χ3n) is 6.79. The van der Waals surface area contributed by atoms with Gasteiger partial charge in [0.15, 0.2) is 0 Å². The fourth-order valence-corrected chi connectivity index (χ4v) is 5.38. The first-order chi connectivity index (χ1) is 17.3. The highest BCUT2D eigenvalue weighted by molar-refractivity contribution is 7.89. The Balaban J connectivity index is 1.36. The number of likely N-dealkylation sites (N-methyl/N-ethyl adjacent to an activating group) is 1. The Labute approximate surface area is 209 Å². The van der Waals surface area contributed by atoms with Crippen LogP contribution in [0.15, 0.2) is 83.9 Å². The van der Waals surface area contributed by atoms with E-state index >= 15 is 0 Å². The summed E-state index contributed by atoms with van der Waals surface area (Å²) < 4.78 is 23.0. The summed E-state index contributed by atoms with van der Waals surface area (Å²) in [6.07, 6.45) is 1.65. The number of hydrogen-bond donors (Lipinski definition) is 3. The first-order valence-corrected chi connectivity index (χ1v) is 13.1. The molecule has 0 saturated carbocycles. The lowest BCUT2D eigenvalue weighted by molar-refractivity contribution is -0.132. The molecule has 4 aromatic rings. The molecule has 8 nitrogen and oxygen atoms in total. The average Bonchev–Trinajstić information content (AvgIpc) is 2.87. The van der Waals surface area contributed by atoms with Gasteiger partial charge in [-0.05, 0) is 46.5 Å². The molecule has 184 valence electrons. The molecule has 3 aromatic carbocycles. The van der Waals surface area contributed by atoms with Gasteiger partial charge in [0.05, 0.1) is 10.9 Å². The van der Waals surface area contributed by atoms with Crippen LogP contribution >= 0.6 is 0 Å². The average molecular weight is 503 g/mol. The number of pyridine rings is 1. The minimum Gasteiger partial charge on any atom is -0.506 e. The standard InChI is InChI=1S/C27H26N4O4S/c1-29-27(33)26-23(16-31(26)15-20-10-13-24(32)25-22(20)3-2-14-30-25)19-6-4-17(5-7-19)18-8-11-21(12-9-18)36(28,34)35/h2-14,23,26,32H,15-16H2,1H3,(H,29,33)(H2,28,34,35)/t23-,26+/m1/s1. The van der Waals surface area contributed by atoms with E-state index in [-0.39, 0.29) is 28.5 Å². The van der Waals surface area contributed by atoms with E-state index in [1.54, 1.807) is 31.4 Å². The summed E-state index contributed by atoms with van der Waals surface area (Å²) in [7, 11) is -2.09. The Morgan fingerprint density at radius 3 is 2.36 bits per heavy atom. The number of rotatable bonds is 6. The molecule has 9 heteroatoms. The fourth-order valence-electron chi connectivity index (χ4n) is 4.86. The Kier molecular flexibility index (Phi) is 6.21. The predicted molar refractivity (Wildman–Crippen MR) is 138 cm³/mol. The lowest BCUT2D eigenvalue weighted by Gasteiger charge is -2.47. The molecule has 1 saturated heterocycles. The van der Waals surface area contributed by atoms with Gasteiger partial charge in [0.25, 0.3) is 0 Å². The van der Waals surface area contributed by atoms with Crippen molar-refractivity contribution in [2.75, 3.05) is 13.6 Å². The zero-order valence-electron chi connectivity index (χ0n) is 19.6. The van der Waals surface area contributed by atoms with Crippen molar-refractivity contribution in [3.63, 3.8) is 0 Å². The van der Waals surface area contributed by atoms with Gasteiger partial charge in [0.2, 0.25) is 15.9 Å². The van der Waals surface area contributed by atoms with Crippen molar-refractivity contribution in [2.45, 2.75) is 23.4 Å². The highest BCUT2D eigenvalue weighted by atomic mass is 32.2. The summed E-state index contributed by atoms with van der Waals surface area (Å²) in [5, 5.41) is 19.0. The number of phenolic OH excluding ortho intramolecular Hbond substituents is 1. The van der Waals surface area contributed by atoms with E-state index in [1.807, 2.05) is 42.5 Å². The maximum atomic E-state index is 12.8. The van der Waals surface area contributed by atoms with Gasteiger partial charge < -0.3 is 10.4 Å².